The van der Waals surface area contributed by atoms with Crippen LogP contribution in [0.2, 0.25) is 0 Å². The van der Waals surface area contributed by atoms with Gasteiger partial charge in [-0.05, 0) is 11.6 Å². The summed E-state index contributed by atoms with van der Waals surface area (Å²) in [6.45, 7) is 0. The lowest BCUT2D eigenvalue weighted by Gasteiger charge is -2.03. The highest BCUT2D eigenvalue weighted by Crippen LogP contribution is 2.22. The van der Waals surface area contributed by atoms with Crippen molar-refractivity contribution in [3.05, 3.63) is 52.9 Å². The number of nitrogens with one attached hydrogen (secondary N) is 1. The Bertz CT molecular complexity index is 551. The van der Waals surface area contributed by atoms with E-state index in [1.54, 1.807) is 6.08 Å². The molecule has 0 aromatic heterocycles. The fourth-order valence-electron chi connectivity index (χ4n) is 1.61. The first kappa shape index (κ1) is 11.0. The van der Waals surface area contributed by atoms with E-state index in [1.165, 1.54) is 7.11 Å². The zero-order valence-corrected chi connectivity index (χ0v) is 9.23. The number of nitriles is 1. The van der Waals surface area contributed by atoms with Crippen molar-refractivity contribution in [3.8, 4) is 6.07 Å². The first-order valence-corrected chi connectivity index (χ1v) is 5.03. The molecule has 2 rings (SSSR count). The lowest BCUT2D eigenvalue weighted by molar-refractivity contribution is -0.115. The number of ether oxygens (including phenoxy) is 1. The summed E-state index contributed by atoms with van der Waals surface area (Å²) in [6.07, 6.45) is 1.76. The van der Waals surface area contributed by atoms with Crippen LogP contribution in [0.4, 0.5) is 0 Å². The highest BCUT2D eigenvalue weighted by Gasteiger charge is 2.28. The molecule has 17 heavy (non-hydrogen) atoms. The number of methoxy groups -OCH3 is 1. The first-order chi connectivity index (χ1) is 8.26. The van der Waals surface area contributed by atoms with E-state index < -0.39 is 5.91 Å². The van der Waals surface area contributed by atoms with E-state index in [9.17, 15) is 4.79 Å². The van der Waals surface area contributed by atoms with Crippen molar-refractivity contribution in [3.63, 3.8) is 0 Å². The van der Waals surface area contributed by atoms with Crippen LogP contribution in [0, 0.1) is 11.3 Å². The maximum absolute atomic E-state index is 11.5. The molecule has 4 nitrogen and oxygen atoms in total. The van der Waals surface area contributed by atoms with Gasteiger partial charge in [0.15, 0.2) is 11.3 Å². The van der Waals surface area contributed by atoms with Crippen molar-refractivity contribution in [2.24, 2.45) is 0 Å². The highest BCUT2D eigenvalue weighted by molar-refractivity contribution is 6.04. The fraction of sp³-hybridized carbons (Fsp3) is 0.0769. The van der Waals surface area contributed by atoms with E-state index in [0.717, 1.165) is 5.56 Å². The lowest BCUT2D eigenvalue weighted by Crippen LogP contribution is -2.15. The molecule has 4 heteroatoms. The van der Waals surface area contributed by atoms with Crippen LogP contribution >= 0.6 is 0 Å². The van der Waals surface area contributed by atoms with Gasteiger partial charge in [-0.3, -0.25) is 4.79 Å². The van der Waals surface area contributed by atoms with Crippen LogP contribution in [0.1, 0.15) is 5.56 Å². The zero-order valence-electron chi connectivity index (χ0n) is 9.23. The summed E-state index contributed by atoms with van der Waals surface area (Å²) in [7, 11) is 1.44. The minimum atomic E-state index is -0.425. The van der Waals surface area contributed by atoms with Gasteiger partial charge < -0.3 is 10.1 Å². The predicted molar refractivity (Wildman–Crippen MR) is 62.2 cm³/mol. The van der Waals surface area contributed by atoms with E-state index >= 15 is 0 Å². The monoisotopic (exact) mass is 226 g/mol. The van der Waals surface area contributed by atoms with E-state index in [1.807, 2.05) is 36.4 Å². The average Bonchev–Trinajstić information content (AvgIpc) is 2.65. The summed E-state index contributed by atoms with van der Waals surface area (Å²) in [5.41, 5.74) is 1.45. The third-order valence-electron chi connectivity index (χ3n) is 2.37. The minimum absolute atomic E-state index is 0.00896. The van der Waals surface area contributed by atoms with Gasteiger partial charge in [-0.1, -0.05) is 30.3 Å². The maximum Gasteiger partial charge on any atom is 0.270 e. The number of hydrogen-bond donors (Lipinski definition) is 1. The molecule has 0 bridgehead atoms. The molecule has 0 atom stereocenters. The van der Waals surface area contributed by atoms with Gasteiger partial charge in [-0.15, -0.1) is 0 Å². The Morgan fingerprint density at radius 2 is 2.06 bits per heavy atom. The molecule has 1 N–H and O–H groups in total. The Kier molecular flexibility index (Phi) is 2.93. The van der Waals surface area contributed by atoms with Crippen LogP contribution in [-0.2, 0) is 9.53 Å². The van der Waals surface area contributed by atoms with Crippen LogP contribution in [-0.4, -0.2) is 13.0 Å². The molecular weight excluding hydrogens is 216 g/mol. The van der Waals surface area contributed by atoms with Crippen LogP contribution in [0.15, 0.2) is 47.4 Å². The molecule has 0 spiro atoms. The number of nitrogens with zero attached hydrogens (tertiary/aromatic N) is 1. The molecule has 1 amide bonds. The Balaban J connectivity index is 2.43. The number of carbonyl (C=O) groups excluding carboxylic acids is 1. The van der Waals surface area contributed by atoms with Gasteiger partial charge in [0, 0.05) is 0 Å². The second kappa shape index (κ2) is 4.54. The van der Waals surface area contributed by atoms with Crippen molar-refractivity contribution in [2.45, 2.75) is 0 Å². The number of hydrogen-bond acceptors (Lipinski definition) is 3. The normalized spacial score (nSPS) is 16.9. The molecule has 1 aromatic carbocycles. The lowest BCUT2D eigenvalue weighted by atomic mass is 10.2. The van der Waals surface area contributed by atoms with Crippen LogP contribution in [0.25, 0.3) is 6.08 Å². The van der Waals surface area contributed by atoms with E-state index in [-0.39, 0.29) is 5.57 Å². The quantitative estimate of drug-likeness (QED) is 0.832. The molecule has 0 radical (unpaired) electrons. The molecule has 0 saturated heterocycles. The maximum atomic E-state index is 11.5. The number of rotatable bonds is 2. The molecular formula is C13H10N2O2. The van der Waals surface area contributed by atoms with Gasteiger partial charge in [0.1, 0.15) is 6.07 Å². The van der Waals surface area contributed by atoms with Crippen molar-refractivity contribution in [1.29, 1.82) is 5.26 Å². The summed E-state index contributed by atoms with van der Waals surface area (Å²) < 4.78 is 5.08. The topological polar surface area (TPSA) is 62.1 Å². The van der Waals surface area contributed by atoms with Crippen LogP contribution < -0.4 is 5.32 Å². The molecule has 1 aliphatic heterocycles. The minimum Gasteiger partial charge on any atom is -0.493 e. The van der Waals surface area contributed by atoms with Gasteiger partial charge in [-0.2, -0.15) is 5.26 Å². The number of carbonyl (C=O) groups is 1. The van der Waals surface area contributed by atoms with Gasteiger partial charge in [-0.25, -0.2) is 0 Å². The predicted octanol–water partition coefficient (Wildman–Crippen LogP) is 1.58. The van der Waals surface area contributed by atoms with Crippen LogP contribution in [0.5, 0.6) is 0 Å². The first-order valence-electron chi connectivity index (χ1n) is 5.03. The van der Waals surface area contributed by atoms with Gasteiger partial charge >= 0.3 is 0 Å². The summed E-state index contributed by atoms with van der Waals surface area (Å²) in [5.74, 6) is -0.132. The van der Waals surface area contributed by atoms with Crippen molar-refractivity contribution in [2.75, 3.05) is 7.11 Å². The zero-order chi connectivity index (χ0) is 12.3. The summed E-state index contributed by atoms with van der Waals surface area (Å²) >= 11 is 0. The standard InChI is InChI=1S/C13H10N2O2/c1-17-12-10(8-14)13(16)15-11(12)7-9-5-3-2-4-6-9/h2-7H,1H3,(H,15,16)/b11-7-. The SMILES string of the molecule is COC1=C(C#N)C(=O)N/C1=C\c1ccccc1. The largest absolute Gasteiger partial charge is 0.493 e. The Hall–Kier alpha value is -2.54. The van der Waals surface area contributed by atoms with Crippen LogP contribution in [0.3, 0.4) is 0 Å². The van der Waals surface area contributed by atoms with E-state index in [2.05, 4.69) is 5.32 Å². The number of benzene rings is 1. The van der Waals surface area contributed by atoms with Gasteiger partial charge in [0.2, 0.25) is 0 Å². The van der Waals surface area contributed by atoms with Crippen molar-refractivity contribution in [1.82, 2.24) is 5.32 Å². The van der Waals surface area contributed by atoms with Gasteiger partial charge in [0.05, 0.1) is 12.8 Å². The fourth-order valence-corrected chi connectivity index (χ4v) is 1.61. The summed E-state index contributed by atoms with van der Waals surface area (Å²) in [4.78, 5) is 11.5. The molecule has 0 saturated carbocycles. The molecule has 0 aliphatic carbocycles. The number of amides is 1. The Labute approximate surface area is 98.8 Å². The average molecular weight is 226 g/mol. The summed E-state index contributed by atoms with van der Waals surface area (Å²) in [6, 6.07) is 11.3. The second-order valence-corrected chi connectivity index (χ2v) is 3.44. The molecule has 84 valence electrons. The smallest absolute Gasteiger partial charge is 0.270 e. The molecule has 1 aliphatic rings. The third kappa shape index (κ3) is 2.04. The highest BCUT2D eigenvalue weighted by atomic mass is 16.5. The van der Waals surface area contributed by atoms with Crippen molar-refractivity contribution < 1.29 is 9.53 Å². The third-order valence-corrected chi connectivity index (χ3v) is 2.37. The Morgan fingerprint density at radius 3 is 2.65 bits per heavy atom. The van der Waals surface area contributed by atoms with Gasteiger partial charge in [0.25, 0.3) is 5.91 Å². The van der Waals surface area contributed by atoms with E-state index in [4.69, 9.17) is 10.00 Å². The molecule has 1 heterocycles. The van der Waals surface area contributed by atoms with Crippen molar-refractivity contribution >= 4 is 12.0 Å². The molecule has 1 aromatic rings. The second-order valence-electron chi connectivity index (χ2n) is 3.44. The summed E-state index contributed by atoms with van der Waals surface area (Å²) in [5, 5.41) is 11.5. The molecule has 0 fully saturated rings. The molecule has 0 unspecified atom stereocenters. The van der Waals surface area contributed by atoms with E-state index in [0.29, 0.717) is 11.5 Å². The Morgan fingerprint density at radius 1 is 1.35 bits per heavy atom.